The Morgan fingerprint density at radius 1 is 0.939 bits per heavy atom. The van der Waals surface area contributed by atoms with E-state index in [1.807, 2.05) is 31.2 Å². The Labute approximate surface area is 218 Å². The Morgan fingerprint density at radius 2 is 1.55 bits per heavy atom. The molecular weight excluding hydrogens is 594 g/mol. The summed E-state index contributed by atoms with van der Waals surface area (Å²) in [5.74, 6) is -0.442. The normalized spacial score (nSPS) is 11.6. The predicted molar refractivity (Wildman–Crippen MR) is 142 cm³/mol. The fraction of sp³-hybridized carbons (Fsp3) is 0.208. The van der Waals surface area contributed by atoms with Gasteiger partial charge in [0.05, 0.1) is 21.5 Å². The molecule has 9 heteroatoms. The van der Waals surface area contributed by atoms with E-state index >= 15 is 0 Å². The number of hydrogen-bond acceptors (Lipinski definition) is 3. The Kier molecular flexibility index (Phi) is 8.45. The van der Waals surface area contributed by atoms with Crippen molar-refractivity contribution in [2.24, 2.45) is 0 Å². The van der Waals surface area contributed by atoms with Gasteiger partial charge in [0.2, 0.25) is 15.9 Å². The molecule has 0 atom stereocenters. The van der Waals surface area contributed by atoms with Crippen LogP contribution in [0.2, 0.25) is 10.0 Å². The van der Waals surface area contributed by atoms with Crippen molar-refractivity contribution in [2.75, 3.05) is 11.9 Å². The quantitative estimate of drug-likeness (QED) is 0.315. The number of rotatable bonds is 7. The molecule has 174 valence electrons. The maximum Gasteiger partial charge on any atom is 0.244 e. The van der Waals surface area contributed by atoms with Crippen molar-refractivity contribution >= 4 is 67.4 Å². The van der Waals surface area contributed by atoms with Gasteiger partial charge in [-0.15, -0.1) is 0 Å². The minimum absolute atomic E-state index is 0.0356. The van der Waals surface area contributed by atoms with Crippen LogP contribution in [0.25, 0.3) is 0 Å². The highest BCUT2D eigenvalue weighted by Gasteiger charge is 2.30. The molecule has 0 bridgehead atoms. The van der Waals surface area contributed by atoms with Gasteiger partial charge in [-0.25, -0.2) is 8.42 Å². The largest absolute Gasteiger partial charge is 0.325 e. The second-order valence-corrected chi connectivity index (χ2v) is 11.7. The molecule has 0 aromatic heterocycles. The van der Waals surface area contributed by atoms with E-state index in [9.17, 15) is 13.2 Å². The highest BCUT2D eigenvalue weighted by molar-refractivity contribution is 14.1. The van der Waals surface area contributed by atoms with Crippen molar-refractivity contribution in [1.29, 1.82) is 0 Å². The number of sulfonamides is 1. The molecule has 0 aliphatic carbocycles. The Morgan fingerprint density at radius 3 is 2.12 bits per heavy atom. The molecule has 0 saturated carbocycles. The van der Waals surface area contributed by atoms with Gasteiger partial charge < -0.3 is 5.32 Å². The summed E-state index contributed by atoms with van der Waals surface area (Å²) in [6.07, 6.45) is 0. The van der Waals surface area contributed by atoms with E-state index in [1.54, 1.807) is 44.2 Å². The average molecular weight is 617 g/mol. The maximum absolute atomic E-state index is 13.8. The van der Waals surface area contributed by atoms with Crippen molar-refractivity contribution in [2.45, 2.75) is 32.2 Å². The first kappa shape index (κ1) is 26.0. The van der Waals surface area contributed by atoms with Crippen LogP contribution in [0.15, 0.2) is 59.5 Å². The summed E-state index contributed by atoms with van der Waals surface area (Å²) in [4.78, 5) is 13.1. The minimum atomic E-state index is -4.00. The number of carbonyl (C=O) groups is 1. The van der Waals surface area contributed by atoms with Crippen LogP contribution in [-0.4, -0.2) is 25.2 Å². The Bertz CT molecular complexity index is 1270. The lowest BCUT2D eigenvalue weighted by atomic mass is 10.1. The number of amides is 1. The van der Waals surface area contributed by atoms with E-state index in [1.165, 1.54) is 4.31 Å². The second-order valence-electron chi connectivity index (χ2n) is 7.80. The van der Waals surface area contributed by atoms with Crippen molar-refractivity contribution in [3.8, 4) is 0 Å². The lowest BCUT2D eigenvalue weighted by Gasteiger charge is -2.24. The minimum Gasteiger partial charge on any atom is -0.325 e. The summed E-state index contributed by atoms with van der Waals surface area (Å²) in [5.41, 5.74) is 3.44. The highest BCUT2D eigenvalue weighted by Crippen LogP contribution is 2.28. The van der Waals surface area contributed by atoms with Crippen LogP contribution in [0.3, 0.4) is 0 Å². The second kappa shape index (κ2) is 10.7. The van der Waals surface area contributed by atoms with Crippen LogP contribution in [0.1, 0.15) is 22.3 Å². The van der Waals surface area contributed by atoms with Crippen LogP contribution in [0.4, 0.5) is 5.69 Å². The SMILES string of the molecule is Cc1cc(C)c(S(=O)(=O)N(CC(=O)Nc2ccc(I)cc2)Cc2ccc(Cl)c(Cl)c2)c(C)c1. The maximum atomic E-state index is 13.8. The van der Waals surface area contributed by atoms with E-state index in [0.29, 0.717) is 32.4 Å². The molecule has 1 amide bonds. The number of halogens is 3. The van der Waals surface area contributed by atoms with Crippen LogP contribution in [0.5, 0.6) is 0 Å². The van der Waals surface area contributed by atoms with Gasteiger partial charge >= 0.3 is 0 Å². The van der Waals surface area contributed by atoms with E-state index in [0.717, 1.165) is 9.13 Å². The molecule has 0 heterocycles. The van der Waals surface area contributed by atoms with Crippen LogP contribution < -0.4 is 5.32 Å². The van der Waals surface area contributed by atoms with Gasteiger partial charge in [-0.1, -0.05) is 47.0 Å². The number of carbonyl (C=O) groups excluding carboxylic acids is 1. The van der Waals surface area contributed by atoms with Gasteiger partial charge in [-0.2, -0.15) is 4.31 Å². The average Bonchev–Trinajstić information content (AvgIpc) is 2.71. The topological polar surface area (TPSA) is 66.5 Å². The summed E-state index contributed by atoms with van der Waals surface area (Å²) >= 11 is 14.3. The van der Waals surface area contributed by atoms with Crippen molar-refractivity contribution in [1.82, 2.24) is 4.31 Å². The number of nitrogens with zero attached hydrogens (tertiary/aromatic N) is 1. The molecule has 1 N–H and O–H groups in total. The molecule has 3 rings (SSSR count). The molecule has 3 aromatic carbocycles. The number of hydrogen-bond donors (Lipinski definition) is 1. The summed E-state index contributed by atoms with van der Waals surface area (Å²) in [6, 6.07) is 15.8. The third-order valence-corrected chi connectivity index (χ3v) is 8.55. The number of anilines is 1. The van der Waals surface area contributed by atoms with Crippen LogP contribution in [-0.2, 0) is 21.4 Å². The first-order chi connectivity index (χ1) is 15.5. The fourth-order valence-electron chi connectivity index (χ4n) is 3.66. The zero-order valence-electron chi connectivity index (χ0n) is 18.3. The molecular formula is C24H23Cl2IN2O3S. The summed E-state index contributed by atoms with van der Waals surface area (Å²) < 4.78 is 29.7. The fourth-order valence-corrected chi connectivity index (χ4v) is 6.14. The molecule has 0 aliphatic rings. The van der Waals surface area contributed by atoms with Crippen molar-refractivity contribution in [3.63, 3.8) is 0 Å². The molecule has 33 heavy (non-hydrogen) atoms. The summed E-state index contributed by atoms with van der Waals surface area (Å²) in [7, 11) is -4.00. The molecule has 0 radical (unpaired) electrons. The third-order valence-electron chi connectivity index (χ3n) is 4.99. The molecule has 0 fully saturated rings. The van der Waals surface area contributed by atoms with E-state index in [4.69, 9.17) is 23.2 Å². The van der Waals surface area contributed by atoms with Crippen LogP contribution in [0, 0.1) is 24.3 Å². The summed E-state index contributed by atoms with van der Waals surface area (Å²) in [5, 5.41) is 3.46. The van der Waals surface area contributed by atoms with E-state index in [2.05, 4.69) is 27.9 Å². The zero-order valence-corrected chi connectivity index (χ0v) is 22.8. The standard InChI is InChI=1S/C24H23Cl2IN2O3S/c1-15-10-16(2)24(17(3)11-15)33(31,32)29(13-18-4-9-21(25)22(26)12-18)14-23(30)28-20-7-5-19(27)6-8-20/h4-12H,13-14H2,1-3H3,(H,28,30). The Balaban J connectivity index is 1.97. The highest BCUT2D eigenvalue weighted by atomic mass is 127. The first-order valence-corrected chi connectivity index (χ1v) is 13.3. The van der Waals surface area contributed by atoms with Crippen molar-refractivity contribution < 1.29 is 13.2 Å². The molecule has 3 aromatic rings. The molecule has 0 unspecified atom stereocenters. The van der Waals surface area contributed by atoms with E-state index < -0.39 is 15.9 Å². The Hall–Kier alpha value is -1.65. The zero-order chi connectivity index (χ0) is 24.3. The monoisotopic (exact) mass is 616 g/mol. The van der Waals surface area contributed by atoms with E-state index in [-0.39, 0.29) is 18.0 Å². The van der Waals surface area contributed by atoms with Gasteiger partial charge in [0.15, 0.2) is 0 Å². The van der Waals surface area contributed by atoms with Gasteiger partial charge in [-0.05, 0) is 96.5 Å². The van der Waals surface area contributed by atoms with Gasteiger partial charge in [0.25, 0.3) is 0 Å². The number of benzene rings is 3. The first-order valence-electron chi connectivity index (χ1n) is 10.0. The molecule has 5 nitrogen and oxygen atoms in total. The van der Waals surface area contributed by atoms with Gasteiger partial charge in [0, 0.05) is 15.8 Å². The molecule has 0 spiro atoms. The lowest BCUT2D eigenvalue weighted by Crippen LogP contribution is -2.38. The molecule has 0 saturated heterocycles. The van der Waals surface area contributed by atoms with Crippen LogP contribution >= 0.6 is 45.8 Å². The number of nitrogens with one attached hydrogen (secondary N) is 1. The van der Waals surface area contributed by atoms with Crippen molar-refractivity contribution in [3.05, 3.63) is 90.5 Å². The molecule has 0 aliphatic heterocycles. The lowest BCUT2D eigenvalue weighted by molar-refractivity contribution is -0.116. The number of aryl methyl sites for hydroxylation is 3. The third kappa shape index (κ3) is 6.48. The summed E-state index contributed by atoms with van der Waals surface area (Å²) in [6.45, 7) is 5.04. The predicted octanol–water partition coefficient (Wildman–Crippen LogP) is 6.35. The smallest absolute Gasteiger partial charge is 0.244 e. The van der Waals surface area contributed by atoms with Gasteiger partial charge in [-0.3, -0.25) is 4.79 Å². The van der Waals surface area contributed by atoms with Gasteiger partial charge in [0.1, 0.15) is 0 Å².